The molecule has 0 spiro atoms. The smallest absolute Gasteiger partial charge is 0.246 e. The van der Waals surface area contributed by atoms with Crippen LogP contribution in [-0.2, 0) is 0 Å². The fourth-order valence-corrected chi connectivity index (χ4v) is 1.26. The van der Waals surface area contributed by atoms with Crippen LogP contribution in [0.1, 0.15) is 24.5 Å². The standard InChI is InChI=1S/C11H12FNO2/c1-3-11(13(14)15)7-9-4-5-10(12)6-8(9)2/h4-7H,3H2,1-2H3/b11-7-. The number of aryl methyl sites for hydroxylation is 1. The molecule has 0 amide bonds. The summed E-state index contributed by atoms with van der Waals surface area (Å²) in [6, 6.07) is 4.20. The van der Waals surface area contributed by atoms with E-state index in [-0.39, 0.29) is 11.5 Å². The molecule has 0 fully saturated rings. The SMILES string of the molecule is CC/C(=C/c1ccc(F)cc1C)[N+](=O)[O-]. The molecular formula is C11H12FNO2. The van der Waals surface area contributed by atoms with Crippen LogP contribution >= 0.6 is 0 Å². The van der Waals surface area contributed by atoms with Gasteiger partial charge in [-0.1, -0.05) is 13.0 Å². The van der Waals surface area contributed by atoms with Gasteiger partial charge in [0.2, 0.25) is 5.70 Å². The highest BCUT2D eigenvalue weighted by Gasteiger charge is 2.08. The first-order chi connectivity index (χ1) is 7.04. The Balaban J connectivity index is 3.12. The molecule has 0 aliphatic heterocycles. The Morgan fingerprint density at radius 1 is 1.60 bits per heavy atom. The van der Waals surface area contributed by atoms with Gasteiger partial charge in [-0.3, -0.25) is 10.1 Å². The summed E-state index contributed by atoms with van der Waals surface area (Å²) in [6.07, 6.45) is 1.83. The fraction of sp³-hybridized carbons (Fsp3) is 0.273. The molecule has 4 heteroatoms. The lowest BCUT2D eigenvalue weighted by Gasteiger charge is -2.00. The zero-order valence-electron chi connectivity index (χ0n) is 8.66. The number of hydrogen-bond donors (Lipinski definition) is 0. The number of halogens is 1. The topological polar surface area (TPSA) is 43.1 Å². The molecule has 0 atom stereocenters. The highest BCUT2D eigenvalue weighted by molar-refractivity contribution is 5.54. The van der Waals surface area contributed by atoms with E-state index in [0.717, 1.165) is 0 Å². The summed E-state index contributed by atoms with van der Waals surface area (Å²) in [5, 5.41) is 10.6. The molecule has 0 aliphatic rings. The van der Waals surface area contributed by atoms with Gasteiger partial charge in [-0.25, -0.2) is 4.39 Å². The fourth-order valence-electron chi connectivity index (χ4n) is 1.26. The van der Waals surface area contributed by atoms with Crippen LogP contribution in [0.4, 0.5) is 4.39 Å². The van der Waals surface area contributed by atoms with E-state index in [2.05, 4.69) is 0 Å². The maximum Gasteiger partial charge on any atom is 0.246 e. The average Bonchev–Trinajstić information content (AvgIpc) is 2.16. The molecule has 0 bridgehead atoms. The summed E-state index contributed by atoms with van der Waals surface area (Å²) >= 11 is 0. The van der Waals surface area contributed by atoms with E-state index < -0.39 is 4.92 Å². The number of rotatable bonds is 3. The molecule has 0 saturated carbocycles. The van der Waals surface area contributed by atoms with E-state index in [0.29, 0.717) is 17.5 Å². The van der Waals surface area contributed by atoms with Crippen LogP contribution < -0.4 is 0 Å². The molecule has 0 heterocycles. The van der Waals surface area contributed by atoms with Gasteiger partial charge < -0.3 is 0 Å². The number of hydrogen-bond acceptors (Lipinski definition) is 2. The molecular weight excluding hydrogens is 197 g/mol. The van der Waals surface area contributed by atoms with Crippen molar-refractivity contribution in [3.63, 3.8) is 0 Å². The van der Waals surface area contributed by atoms with Crippen LogP contribution in [0.15, 0.2) is 23.9 Å². The summed E-state index contributed by atoms with van der Waals surface area (Å²) in [6.45, 7) is 3.44. The van der Waals surface area contributed by atoms with Crippen molar-refractivity contribution in [3.8, 4) is 0 Å². The van der Waals surface area contributed by atoms with Crippen LogP contribution in [0.25, 0.3) is 6.08 Å². The van der Waals surface area contributed by atoms with Crippen molar-refractivity contribution in [3.05, 3.63) is 51.0 Å². The Morgan fingerprint density at radius 2 is 2.27 bits per heavy atom. The largest absolute Gasteiger partial charge is 0.259 e. The second-order valence-electron chi connectivity index (χ2n) is 3.25. The molecule has 0 aromatic heterocycles. The molecule has 80 valence electrons. The van der Waals surface area contributed by atoms with Gasteiger partial charge in [-0.05, 0) is 30.2 Å². The van der Waals surface area contributed by atoms with Crippen molar-refractivity contribution in [1.82, 2.24) is 0 Å². The molecule has 0 unspecified atom stereocenters. The predicted octanol–water partition coefficient (Wildman–Crippen LogP) is 3.16. The second-order valence-corrected chi connectivity index (χ2v) is 3.25. The lowest BCUT2D eigenvalue weighted by atomic mass is 10.1. The first-order valence-corrected chi connectivity index (χ1v) is 4.65. The zero-order valence-corrected chi connectivity index (χ0v) is 8.66. The molecule has 1 aromatic carbocycles. The number of nitro groups is 1. The minimum atomic E-state index is -0.414. The van der Waals surface area contributed by atoms with Crippen molar-refractivity contribution in [1.29, 1.82) is 0 Å². The Labute approximate surface area is 87.4 Å². The zero-order chi connectivity index (χ0) is 11.4. The Hall–Kier alpha value is -1.71. The highest BCUT2D eigenvalue weighted by atomic mass is 19.1. The molecule has 0 radical (unpaired) electrons. The van der Waals surface area contributed by atoms with Crippen LogP contribution in [0, 0.1) is 22.9 Å². The predicted molar refractivity (Wildman–Crippen MR) is 56.4 cm³/mol. The van der Waals surface area contributed by atoms with Gasteiger partial charge in [0.15, 0.2) is 0 Å². The number of benzene rings is 1. The molecule has 0 N–H and O–H groups in total. The summed E-state index contributed by atoms with van der Waals surface area (Å²) in [7, 11) is 0. The van der Waals surface area contributed by atoms with E-state index in [9.17, 15) is 14.5 Å². The van der Waals surface area contributed by atoms with Crippen LogP contribution in [0.3, 0.4) is 0 Å². The summed E-state index contributed by atoms with van der Waals surface area (Å²) < 4.78 is 12.8. The van der Waals surface area contributed by atoms with E-state index in [1.165, 1.54) is 18.2 Å². The lowest BCUT2D eigenvalue weighted by Crippen LogP contribution is -1.97. The minimum absolute atomic E-state index is 0.129. The molecule has 15 heavy (non-hydrogen) atoms. The lowest BCUT2D eigenvalue weighted by molar-refractivity contribution is -0.425. The Bertz CT molecular complexity index is 413. The van der Waals surface area contributed by atoms with Gasteiger partial charge in [0, 0.05) is 12.5 Å². The van der Waals surface area contributed by atoms with Gasteiger partial charge in [0.1, 0.15) is 5.82 Å². The van der Waals surface area contributed by atoms with Crippen molar-refractivity contribution in [2.24, 2.45) is 0 Å². The first-order valence-electron chi connectivity index (χ1n) is 4.65. The van der Waals surface area contributed by atoms with Crippen LogP contribution in [-0.4, -0.2) is 4.92 Å². The molecule has 1 rings (SSSR count). The summed E-state index contributed by atoms with van der Waals surface area (Å²) in [5.41, 5.74) is 1.51. The number of nitrogens with zero attached hydrogens (tertiary/aromatic N) is 1. The van der Waals surface area contributed by atoms with E-state index in [1.54, 1.807) is 19.9 Å². The second kappa shape index (κ2) is 4.68. The van der Waals surface area contributed by atoms with Gasteiger partial charge in [0.25, 0.3) is 0 Å². The maximum absolute atomic E-state index is 12.8. The summed E-state index contributed by atoms with van der Waals surface area (Å²) in [5.74, 6) is -0.330. The van der Waals surface area contributed by atoms with E-state index in [4.69, 9.17) is 0 Å². The van der Waals surface area contributed by atoms with Crippen molar-refractivity contribution < 1.29 is 9.31 Å². The summed E-state index contributed by atoms with van der Waals surface area (Å²) in [4.78, 5) is 10.2. The highest BCUT2D eigenvalue weighted by Crippen LogP contribution is 2.15. The number of allylic oxidation sites excluding steroid dienone is 1. The Kier molecular flexibility index (Phi) is 3.55. The third-order valence-electron chi connectivity index (χ3n) is 2.15. The van der Waals surface area contributed by atoms with Gasteiger partial charge in [-0.2, -0.15) is 0 Å². The molecule has 0 aliphatic carbocycles. The van der Waals surface area contributed by atoms with Crippen molar-refractivity contribution in [2.45, 2.75) is 20.3 Å². The van der Waals surface area contributed by atoms with Gasteiger partial charge in [-0.15, -0.1) is 0 Å². The first kappa shape index (κ1) is 11.4. The normalized spacial score (nSPS) is 11.5. The monoisotopic (exact) mass is 209 g/mol. The van der Waals surface area contributed by atoms with Gasteiger partial charge in [0.05, 0.1) is 4.92 Å². The molecule has 0 saturated heterocycles. The van der Waals surface area contributed by atoms with Crippen LogP contribution in [0.5, 0.6) is 0 Å². The third kappa shape index (κ3) is 2.87. The average molecular weight is 209 g/mol. The molecule has 1 aromatic rings. The third-order valence-corrected chi connectivity index (χ3v) is 2.15. The van der Waals surface area contributed by atoms with E-state index in [1.807, 2.05) is 0 Å². The minimum Gasteiger partial charge on any atom is -0.259 e. The maximum atomic E-state index is 12.8. The van der Waals surface area contributed by atoms with Crippen LogP contribution in [0.2, 0.25) is 0 Å². The quantitative estimate of drug-likeness (QED) is 0.566. The van der Waals surface area contributed by atoms with E-state index >= 15 is 0 Å². The van der Waals surface area contributed by atoms with Crippen molar-refractivity contribution >= 4 is 6.08 Å². The Morgan fingerprint density at radius 3 is 2.73 bits per heavy atom. The van der Waals surface area contributed by atoms with Gasteiger partial charge >= 0.3 is 0 Å². The molecule has 3 nitrogen and oxygen atoms in total. The van der Waals surface area contributed by atoms with Crippen molar-refractivity contribution in [2.75, 3.05) is 0 Å².